The van der Waals surface area contributed by atoms with E-state index in [-0.39, 0.29) is 31.2 Å². The van der Waals surface area contributed by atoms with Gasteiger partial charge in [0.25, 0.3) is 5.91 Å². The minimum Gasteiger partial charge on any atom is -0.493 e. The Labute approximate surface area is 326 Å². The summed E-state index contributed by atoms with van der Waals surface area (Å²) in [5.74, 6) is -4.01. The first-order chi connectivity index (χ1) is 26.1. The fourth-order valence-corrected chi connectivity index (χ4v) is 6.51. The number of ketones is 1. The Bertz CT molecular complexity index is 1670. The first-order valence-corrected chi connectivity index (χ1v) is 19.6. The molecular weight excluding hydrogens is 729 g/mol. The Morgan fingerprint density at radius 2 is 1.67 bits per heavy atom. The third-order valence-electron chi connectivity index (χ3n) is 8.82. The lowest BCUT2D eigenvalue weighted by molar-refractivity contribution is -0.145. The van der Waals surface area contributed by atoms with E-state index >= 15 is 0 Å². The van der Waals surface area contributed by atoms with E-state index in [2.05, 4.69) is 21.3 Å². The summed E-state index contributed by atoms with van der Waals surface area (Å²) in [4.78, 5) is 95.5. The third-order valence-corrected chi connectivity index (χ3v) is 9.48. The van der Waals surface area contributed by atoms with Crippen LogP contribution in [0.4, 0.5) is 0 Å². The number of amides is 6. The van der Waals surface area contributed by atoms with Crippen molar-refractivity contribution >= 4 is 53.0 Å². The minimum atomic E-state index is -1.25. The number of likely N-dealkylation sites (tertiary alicyclic amines) is 1. The molecule has 1 heterocycles. The van der Waals surface area contributed by atoms with Crippen LogP contribution in [-0.2, 0) is 40.0 Å². The lowest BCUT2D eigenvalue weighted by Gasteiger charge is -2.35. The van der Waals surface area contributed by atoms with Gasteiger partial charge < -0.3 is 40.9 Å². The van der Waals surface area contributed by atoms with Gasteiger partial charge in [-0.2, -0.15) is 11.8 Å². The zero-order chi connectivity index (χ0) is 40.7. The molecule has 0 spiro atoms. The topological polar surface area (TPSA) is 204 Å². The van der Waals surface area contributed by atoms with Crippen molar-refractivity contribution in [1.29, 1.82) is 0 Å². The molecule has 15 nitrogen and oxygen atoms in total. The van der Waals surface area contributed by atoms with Crippen LogP contribution < -0.4 is 26.0 Å². The Balaban J connectivity index is 1.64. The zero-order valence-corrected chi connectivity index (χ0v) is 33.2. The number of carbonyl (C=O) groups excluding carboxylic acids is 7. The van der Waals surface area contributed by atoms with E-state index in [0.717, 1.165) is 0 Å². The average molecular weight is 783 g/mol. The van der Waals surface area contributed by atoms with Crippen LogP contribution in [0, 0.1) is 5.41 Å². The number of hydrogen-bond acceptors (Lipinski definition) is 10. The number of ether oxygens (including phenoxy) is 1. The molecule has 5 N–H and O–H groups in total. The predicted molar refractivity (Wildman–Crippen MR) is 208 cm³/mol. The summed E-state index contributed by atoms with van der Waals surface area (Å²) < 4.78 is 5.61. The van der Waals surface area contributed by atoms with E-state index in [1.165, 1.54) is 21.6 Å². The lowest BCUT2D eigenvalue weighted by atomic mass is 9.85. The second kappa shape index (κ2) is 21.2. The molecule has 1 aliphatic rings. The molecule has 300 valence electrons. The molecule has 55 heavy (non-hydrogen) atoms. The van der Waals surface area contributed by atoms with Crippen LogP contribution in [-0.4, -0.2) is 127 Å². The van der Waals surface area contributed by atoms with Crippen molar-refractivity contribution in [2.45, 2.75) is 70.6 Å². The molecule has 1 unspecified atom stereocenters. The molecule has 2 aromatic carbocycles. The van der Waals surface area contributed by atoms with Gasteiger partial charge in [0, 0.05) is 39.4 Å². The van der Waals surface area contributed by atoms with E-state index in [4.69, 9.17) is 9.84 Å². The fourth-order valence-electron chi connectivity index (χ4n) is 5.94. The molecule has 2 aromatic rings. The van der Waals surface area contributed by atoms with Crippen molar-refractivity contribution < 1.29 is 43.4 Å². The van der Waals surface area contributed by atoms with Crippen LogP contribution in [0.3, 0.4) is 0 Å². The van der Waals surface area contributed by atoms with Crippen molar-refractivity contribution in [2.75, 3.05) is 52.4 Å². The predicted octanol–water partition coefficient (Wildman–Crippen LogP) is 0.991. The Morgan fingerprint density at radius 3 is 2.31 bits per heavy atom. The van der Waals surface area contributed by atoms with Gasteiger partial charge in [-0.05, 0) is 47.8 Å². The van der Waals surface area contributed by atoms with Crippen LogP contribution in [0.5, 0.6) is 5.75 Å². The molecule has 0 aromatic heterocycles. The fraction of sp³-hybridized carbons (Fsp3) is 0.513. The monoisotopic (exact) mass is 782 g/mol. The number of aliphatic hydroxyl groups is 1. The van der Waals surface area contributed by atoms with Gasteiger partial charge in [-0.25, -0.2) is 0 Å². The average Bonchev–Trinajstić information content (AvgIpc) is 3.65. The number of aliphatic hydroxyl groups excluding tert-OH is 1. The summed E-state index contributed by atoms with van der Waals surface area (Å²) in [7, 11) is 3.10. The largest absolute Gasteiger partial charge is 0.493 e. The summed E-state index contributed by atoms with van der Waals surface area (Å²) in [5, 5.41) is 19.4. The van der Waals surface area contributed by atoms with Crippen LogP contribution in [0.1, 0.15) is 57.2 Å². The molecule has 0 bridgehead atoms. The van der Waals surface area contributed by atoms with Gasteiger partial charge in [-0.15, -0.1) is 0 Å². The highest BCUT2D eigenvalue weighted by atomic mass is 32.2. The van der Waals surface area contributed by atoms with E-state index in [1.54, 1.807) is 74.9 Å². The first-order valence-electron chi connectivity index (χ1n) is 18.2. The number of nitrogens with zero attached hydrogens (tertiary/aromatic N) is 2. The molecular formula is C39H54N6O9S. The van der Waals surface area contributed by atoms with Crippen LogP contribution >= 0.6 is 11.8 Å². The molecule has 1 saturated heterocycles. The maximum atomic E-state index is 14.0. The number of Topliss-reactive ketones (excluding diaryl/α,β-unsaturated/α-hetero) is 1. The van der Waals surface area contributed by atoms with Crippen molar-refractivity contribution in [3.05, 3.63) is 65.7 Å². The van der Waals surface area contributed by atoms with Crippen molar-refractivity contribution in [2.24, 2.45) is 5.41 Å². The molecule has 1 fully saturated rings. The normalized spacial score (nSPS) is 15.5. The highest BCUT2D eigenvalue weighted by Gasteiger charge is 2.43. The zero-order valence-electron chi connectivity index (χ0n) is 32.4. The molecule has 1 aliphatic heterocycles. The van der Waals surface area contributed by atoms with Gasteiger partial charge in [0.1, 0.15) is 29.9 Å². The summed E-state index contributed by atoms with van der Waals surface area (Å²) >= 11 is 1.22. The van der Waals surface area contributed by atoms with Crippen molar-refractivity contribution in [3.8, 4) is 5.75 Å². The summed E-state index contributed by atoms with van der Waals surface area (Å²) in [6.45, 7) is 5.41. The highest BCUT2D eigenvalue weighted by Crippen LogP contribution is 2.26. The van der Waals surface area contributed by atoms with E-state index in [0.29, 0.717) is 42.7 Å². The lowest BCUT2D eigenvalue weighted by Crippen LogP contribution is -2.59. The highest BCUT2D eigenvalue weighted by molar-refractivity contribution is 7.98. The van der Waals surface area contributed by atoms with Crippen LogP contribution in [0.15, 0.2) is 54.6 Å². The number of likely N-dealkylation sites (N-methyl/N-ethyl adjacent to an activating group) is 1. The van der Waals surface area contributed by atoms with E-state index in [1.807, 2.05) is 20.8 Å². The summed E-state index contributed by atoms with van der Waals surface area (Å²) in [6.07, 6.45) is 2.97. The van der Waals surface area contributed by atoms with Crippen LogP contribution in [0.2, 0.25) is 0 Å². The summed E-state index contributed by atoms with van der Waals surface area (Å²) in [5.41, 5.74) is 0.481. The second-order valence-electron chi connectivity index (χ2n) is 14.5. The number of hydrogen-bond donors (Lipinski definition) is 5. The van der Waals surface area contributed by atoms with Gasteiger partial charge in [0.2, 0.25) is 35.3 Å². The number of nitrogens with one attached hydrogen (secondary N) is 4. The SMILES string of the molecule is CSCC(NC(=O)[C@@H]1CCCN1C(=O)[C@@H](NC(=O)Cc1cccc(OCCCO)c1)C(C)(C)C)C(=O)C(=O)NCC(=O)N[C@H](C(=O)N(C)C)c1ccccc1. The molecule has 16 heteroatoms. The molecule has 0 saturated carbocycles. The van der Waals surface area contributed by atoms with Gasteiger partial charge in [0.05, 0.1) is 19.6 Å². The van der Waals surface area contributed by atoms with Gasteiger partial charge in [0.15, 0.2) is 0 Å². The Morgan fingerprint density at radius 1 is 0.964 bits per heavy atom. The molecule has 6 amide bonds. The van der Waals surface area contributed by atoms with Crippen molar-refractivity contribution in [3.63, 3.8) is 0 Å². The molecule has 0 radical (unpaired) electrons. The Kier molecular flexibility index (Phi) is 17.1. The van der Waals surface area contributed by atoms with E-state index < -0.39 is 71.4 Å². The smallest absolute Gasteiger partial charge is 0.290 e. The molecule has 4 atom stereocenters. The number of thioether (sulfide) groups is 1. The van der Waals surface area contributed by atoms with Crippen molar-refractivity contribution in [1.82, 2.24) is 31.1 Å². The van der Waals surface area contributed by atoms with Gasteiger partial charge in [-0.1, -0.05) is 63.2 Å². The molecule has 0 aliphatic carbocycles. The molecule has 3 rings (SSSR count). The maximum absolute atomic E-state index is 14.0. The standard InChI is InChI=1S/C39H54N6O9S/c1-39(2,3)34(43-30(47)22-25-13-10-16-27(21-25)54-20-12-19-46)38(53)45-18-11-17-29(45)35(50)41-28(24-55-6)33(49)36(51)40-23-31(48)42-32(37(52)44(4)5)26-14-8-7-9-15-26/h7-10,13-16,21,28-29,32,34,46H,11-12,17-20,22-24H2,1-6H3,(H,40,51)(H,41,50)(H,42,48)(H,43,47)/t28?,29-,32-,34+/m0/s1. The van der Waals surface area contributed by atoms with Crippen LogP contribution in [0.25, 0.3) is 0 Å². The van der Waals surface area contributed by atoms with Gasteiger partial charge >= 0.3 is 0 Å². The quantitative estimate of drug-likeness (QED) is 0.101. The first kappa shape index (κ1) is 44.4. The van der Waals surface area contributed by atoms with E-state index in [9.17, 15) is 33.6 Å². The maximum Gasteiger partial charge on any atom is 0.290 e. The second-order valence-corrected chi connectivity index (χ2v) is 15.4. The summed E-state index contributed by atoms with van der Waals surface area (Å²) in [6, 6.07) is 11.4. The number of rotatable bonds is 19. The minimum absolute atomic E-state index is 0.00129. The van der Waals surface area contributed by atoms with Gasteiger partial charge in [-0.3, -0.25) is 33.6 Å². The third kappa shape index (κ3) is 13.4. The Hall–Kier alpha value is -4.96. The number of carbonyl (C=O) groups is 7. The number of benzene rings is 2.